The number of aromatic hydroxyl groups is 1. The summed E-state index contributed by atoms with van der Waals surface area (Å²) in [6, 6.07) is 7.42. The van der Waals surface area contributed by atoms with E-state index in [2.05, 4.69) is 16.8 Å². The number of hydrogen-bond donors (Lipinski definition) is 2. The molecule has 0 amide bonds. The van der Waals surface area contributed by atoms with Crippen molar-refractivity contribution in [2.75, 3.05) is 33.2 Å². The zero-order chi connectivity index (χ0) is 24.5. The number of rotatable bonds is 3. The van der Waals surface area contributed by atoms with Crippen LogP contribution in [-0.4, -0.2) is 68.8 Å². The number of carbonyl (C=O) groups excluding carboxylic acids is 1. The number of phenolic OH excluding ortho intramolecular Hbond substituents is 1. The molecule has 0 spiro atoms. The van der Waals surface area contributed by atoms with E-state index in [-0.39, 0.29) is 24.3 Å². The standard InChI is InChI=1S/C26H28N4O5/c1-3-26(34)19-11-21-22-16(13-30(21)24(32)18(19)14-35-25(26)33)10-17-20(27-22)5-4-15(23(17)31)12-29-8-6-28(2)7-9-29/h4-5,10-11,31,34H,3,6-9,12-14H2,1-2H3/t26-/m0/s1. The number of esters is 1. The number of likely N-dealkylation sites (N-methyl/N-ethyl adjacent to an activating group) is 1. The molecule has 1 atom stereocenters. The Morgan fingerprint density at radius 1 is 1.14 bits per heavy atom. The maximum Gasteiger partial charge on any atom is 0.343 e. The predicted octanol–water partition coefficient (Wildman–Crippen LogP) is 1.53. The molecule has 1 saturated heterocycles. The number of benzene rings is 1. The summed E-state index contributed by atoms with van der Waals surface area (Å²) in [7, 11) is 2.12. The first-order chi connectivity index (χ1) is 16.8. The van der Waals surface area contributed by atoms with E-state index in [0.717, 1.165) is 37.3 Å². The average Bonchev–Trinajstić information content (AvgIpc) is 3.22. The van der Waals surface area contributed by atoms with Gasteiger partial charge in [-0.25, -0.2) is 9.78 Å². The topological polar surface area (TPSA) is 108 Å². The monoisotopic (exact) mass is 476 g/mol. The molecule has 0 radical (unpaired) electrons. The summed E-state index contributed by atoms with van der Waals surface area (Å²) in [5.74, 6) is -0.516. The number of pyridine rings is 2. The Kier molecular flexibility index (Phi) is 5.00. The molecule has 0 bridgehead atoms. The van der Waals surface area contributed by atoms with Gasteiger partial charge in [0.2, 0.25) is 0 Å². The van der Waals surface area contributed by atoms with E-state index in [1.165, 1.54) is 0 Å². The minimum atomic E-state index is -1.85. The van der Waals surface area contributed by atoms with E-state index in [4.69, 9.17) is 9.72 Å². The second kappa shape index (κ2) is 7.87. The first-order valence-corrected chi connectivity index (χ1v) is 12.0. The van der Waals surface area contributed by atoms with Gasteiger partial charge < -0.3 is 24.4 Å². The molecular weight excluding hydrogens is 448 g/mol. The number of phenols is 1. The van der Waals surface area contributed by atoms with Gasteiger partial charge in [0, 0.05) is 54.8 Å². The molecule has 1 aromatic carbocycles. The second-order valence-corrected chi connectivity index (χ2v) is 9.82. The third-order valence-corrected chi connectivity index (χ3v) is 7.74. The quantitative estimate of drug-likeness (QED) is 0.429. The van der Waals surface area contributed by atoms with Crippen molar-refractivity contribution in [3.05, 3.63) is 56.9 Å². The average molecular weight is 477 g/mol. The molecule has 9 heteroatoms. The lowest BCUT2D eigenvalue weighted by Crippen LogP contribution is -2.44. The molecule has 3 aromatic rings. The van der Waals surface area contributed by atoms with Gasteiger partial charge in [0.1, 0.15) is 12.4 Å². The normalized spacial score (nSPS) is 22.1. The zero-order valence-corrected chi connectivity index (χ0v) is 19.9. The Morgan fingerprint density at radius 3 is 2.66 bits per heavy atom. The molecule has 5 heterocycles. The van der Waals surface area contributed by atoms with Crippen molar-refractivity contribution in [3.63, 3.8) is 0 Å². The highest BCUT2D eigenvalue weighted by Gasteiger charge is 2.45. The minimum Gasteiger partial charge on any atom is -0.507 e. The van der Waals surface area contributed by atoms with Crippen LogP contribution in [0, 0.1) is 0 Å². The Morgan fingerprint density at radius 2 is 1.91 bits per heavy atom. The van der Waals surface area contributed by atoms with Gasteiger partial charge in [-0.1, -0.05) is 13.0 Å². The van der Waals surface area contributed by atoms with Crippen LogP contribution in [-0.2, 0) is 34.8 Å². The molecule has 2 N–H and O–H groups in total. The molecule has 3 aliphatic heterocycles. The molecule has 2 aromatic heterocycles. The van der Waals surface area contributed by atoms with E-state index in [9.17, 15) is 19.8 Å². The Hall–Kier alpha value is -3.27. The number of fused-ring (bicyclic) bond motifs is 5. The molecule has 0 unspecified atom stereocenters. The third kappa shape index (κ3) is 3.30. The molecule has 3 aliphatic rings. The van der Waals surface area contributed by atoms with Gasteiger partial charge in [0.25, 0.3) is 5.56 Å². The van der Waals surface area contributed by atoms with Crippen molar-refractivity contribution in [2.24, 2.45) is 0 Å². The summed E-state index contributed by atoms with van der Waals surface area (Å²) in [4.78, 5) is 35.1. The summed E-state index contributed by atoms with van der Waals surface area (Å²) < 4.78 is 6.74. The first kappa shape index (κ1) is 22.2. The van der Waals surface area contributed by atoms with E-state index < -0.39 is 11.6 Å². The fourth-order valence-electron chi connectivity index (χ4n) is 5.46. The van der Waals surface area contributed by atoms with Crippen LogP contribution in [0.25, 0.3) is 22.3 Å². The second-order valence-electron chi connectivity index (χ2n) is 9.82. The van der Waals surface area contributed by atoms with Crippen molar-refractivity contribution in [1.29, 1.82) is 0 Å². The molecule has 182 valence electrons. The number of hydrogen-bond acceptors (Lipinski definition) is 8. The minimum absolute atomic E-state index is 0.101. The lowest BCUT2D eigenvalue weighted by Gasteiger charge is -2.32. The zero-order valence-electron chi connectivity index (χ0n) is 19.9. The van der Waals surface area contributed by atoms with Crippen LogP contribution in [0.3, 0.4) is 0 Å². The number of piperazine rings is 1. The largest absolute Gasteiger partial charge is 0.507 e. The van der Waals surface area contributed by atoms with Gasteiger partial charge in [0.05, 0.1) is 29.0 Å². The molecule has 0 saturated carbocycles. The lowest BCUT2D eigenvalue weighted by atomic mass is 9.86. The molecular formula is C26H28N4O5. The van der Waals surface area contributed by atoms with Crippen molar-refractivity contribution in [3.8, 4) is 17.1 Å². The predicted molar refractivity (Wildman–Crippen MR) is 129 cm³/mol. The van der Waals surface area contributed by atoms with Crippen molar-refractivity contribution < 1.29 is 19.7 Å². The van der Waals surface area contributed by atoms with E-state index in [1.54, 1.807) is 17.6 Å². The molecule has 6 rings (SSSR count). The molecule has 0 aliphatic carbocycles. The van der Waals surface area contributed by atoms with Crippen LogP contribution in [0.4, 0.5) is 0 Å². The van der Waals surface area contributed by atoms with Crippen molar-refractivity contribution in [1.82, 2.24) is 19.4 Å². The summed E-state index contributed by atoms with van der Waals surface area (Å²) >= 11 is 0. The van der Waals surface area contributed by atoms with Crippen LogP contribution in [0.15, 0.2) is 29.1 Å². The Balaban J connectivity index is 1.42. The van der Waals surface area contributed by atoms with Gasteiger partial charge >= 0.3 is 5.97 Å². The van der Waals surface area contributed by atoms with Crippen molar-refractivity contribution >= 4 is 16.9 Å². The fourth-order valence-corrected chi connectivity index (χ4v) is 5.46. The summed E-state index contributed by atoms with van der Waals surface area (Å²) in [5, 5.41) is 22.8. The number of aliphatic hydroxyl groups is 1. The number of aromatic nitrogens is 2. The maximum atomic E-state index is 13.3. The first-order valence-electron chi connectivity index (χ1n) is 12.0. The number of ether oxygens (including phenoxy) is 1. The smallest absolute Gasteiger partial charge is 0.343 e. The van der Waals surface area contributed by atoms with Crippen LogP contribution in [0.2, 0.25) is 0 Å². The number of cyclic esters (lactones) is 1. The van der Waals surface area contributed by atoms with Gasteiger partial charge in [0.15, 0.2) is 5.60 Å². The SMILES string of the molecule is CC[C@@]1(O)C(=O)OCc2c1cc1n(c2=O)Cc2cc3c(O)c(CN4CCN(C)CC4)ccc3nc2-1. The summed E-state index contributed by atoms with van der Waals surface area (Å²) in [5.41, 5.74) is 1.95. The lowest BCUT2D eigenvalue weighted by molar-refractivity contribution is -0.172. The maximum absolute atomic E-state index is 13.3. The highest BCUT2D eigenvalue weighted by molar-refractivity contribution is 5.90. The fraction of sp³-hybridized carbons (Fsp3) is 0.423. The van der Waals surface area contributed by atoms with Crippen LogP contribution >= 0.6 is 0 Å². The highest BCUT2D eigenvalue weighted by Crippen LogP contribution is 2.40. The Bertz CT molecular complexity index is 1440. The summed E-state index contributed by atoms with van der Waals surface area (Å²) in [6.45, 7) is 6.42. The van der Waals surface area contributed by atoms with Gasteiger partial charge in [-0.15, -0.1) is 0 Å². The number of carbonyl (C=O) groups is 1. The number of nitrogens with zero attached hydrogens (tertiary/aromatic N) is 4. The van der Waals surface area contributed by atoms with Crippen molar-refractivity contribution in [2.45, 2.75) is 38.6 Å². The molecule has 1 fully saturated rings. The third-order valence-electron chi connectivity index (χ3n) is 7.74. The van der Waals surface area contributed by atoms with Gasteiger partial charge in [-0.05, 0) is 31.7 Å². The van der Waals surface area contributed by atoms with Crippen LogP contribution in [0.5, 0.6) is 5.75 Å². The van der Waals surface area contributed by atoms with Crippen LogP contribution in [0.1, 0.15) is 35.6 Å². The van der Waals surface area contributed by atoms with E-state index >= 15 is 0 Å². The Labute approximate surface area is 202 Å². The van der Waals surface area contributed by atoms with Gasteiger partial charge in [-0.2, -0.15) is 0 Å². The van der Waals surface area contributed by atoms with Gasteiger partial charge in [-0.3, -0.25) is 9.69 Å². The van der Waals surface area contributed by atoms with E-state index in [1.807, 2.05) is 18.2 Å². The highest BCUT2D eigenvalue weighted by atomic mass is 16.6. The molecule has 35 heavy (non-hydrogen) atoms. The molecule has 9 nitrogen and oxygen atoms in total. The van der Waals surface area contributed by atoms with E-state index in [0.29, 0.717) is 46.5 Å². The summed E-state index contributed by atoms with van der Waals surface area (Å²) in [6.07, 6.45) is 0.101. The van der Waals surface area contributed by atoms with Crippen LogP contribution < -0.4 is 5.56 Å².